The molecule has 4 heteroatoms. The van der Waals surface area contributed by atoms with E-state index in [2.05, 4.69) is 5.32 Å². The molecule has 2 aliphatic rings. The second kappa shape index (κ2) is 6.06. The van der Waals surface area contributed by atoms with E-state index in [1.165, 1.54) is 12.8 Å². The van der Waals surface area contributed by atoms with E-state index in [9.17, 15) is 9.90 Å². The Balaban J connectivity index is 1.71. The van der Waals surface area contributed by atoms with Gasteiger partial charge in [-0.05, 0) is 55.7 Å². The minimum atomic E-state index is -0.0649. The molecule has 0 unspecified atom stereocenters. The minimum absolute atomic E-state index is 0.0649. The Kier molecular flexibility index (Phi) is 4.15. The van der Waals surface area contributed by atoms with Gasteiger partial charge >= 0.3 is 0 Å². The van der Waals surface area contributed by atoms with Gasteiger partial charge in [-0.2, -0.15) is 0 Å². The fourth-order valence-electron chi connectivity index (χ4n) is 3.11. The highest BCUT2D eigenvalue weighted by Gasteiger charge is 2.43. The highest BCUT2D eigenvalue weighted by Crippen LogP contribution is 2.45. The van der Waals surface area contributed by atoms with Gasteiger partial charge in [-0.25, -0.2) is 0 Å². The molecule has 2 fully saturated rings. The predicted molar refractivity (Wildman–Crippen MR) is 80.3 cm³/mol. The molecule has 0 saturated heterocycles. The lowest BCUT2D eigenvalue weighted by Gasteiger charge is -2.27. The van der Waals surface area contributed by atoms with E-state index in [1.54, 1.807) is 19.2 Å². The molecule has 21 heavy (non-hydrogen) atoms. The lowest BCUT2D eigenvalue weighted by atomic mass is 9.91. The molecule has 1 aromatic carbocycles. The van der Waals surface area contributed by atoms with Gasteiger partial charge in [0.1, 0.15) is 5.75 Å². The van der Waals surface area contributed by atoms with E-state index in [-0.39, 0.29) is 24.5 Å². The molecule has 0 bridgehead atoms. The van der Waals surface area contributed by atoms with Crippen molar-refractivity contribution in [2.45, 2.75) is 31.7 Å². The summed E-state index contributed by atoms with van der Waals surface area (Å²) in [4.78, 5) is 12.5. The smallest absolute Gasteiger partial charge is 0.251 e. The number of carbonyl (C=O) groups excluding carboxylic acids is 1. The fraction of sp³-hybridized carbons (Fsp3) is 0.588. The van der Waals surface area contributed by atoms with Crippen molar-refractivity contribution in [3.63, 3.8) is 0 Å². The predicted octanol–water partition coefficient (Wildman–Crippen LogP) is 2.22. The molecule has 0 aromatic heterocycles. The summed E-state index contributed by atoms with van der Waals surface area (Å²) in [7, 11) is 1.60. The van der Waals surface area contributed by atoms with Crippen LogP contribution in [-0.4, -0.2) is 30.8 Å². The number of ether oxygens (including phenoxy) is 1. The molecule has 2 saturated carbocycles. The zero-order valence-electron chi connectivity index (χ0n) is 12.4. The van der Waals surface area contributed by atoms with Crippen molar-refractivity contribution in [1.82, 2.24) is 5.32 Å². The van der Waals surface area contributed by atoms with Crippen LogP contribution in [0.15, 0.2) is 24.3 Å². The van der Waals surface area contributed by atoms with Crippen LogP contribution in [0.1, 0.15) is 36.0 Å². The number of hydrogen-bond donors (Lipinski definition) is 2. The van der Waals surface area contributed by atoms with Gasteiger partial charge < -0.3 is 15.2 Å². The topological polar surface area (TPSA) is 58.6 Å². The monoisotopic (exact) mass is 289 g/mol. The highest BCUT2D eigenvalue weighted by molar-refractivity contribution is 5.94. The van der Waals surface area contributed by atoms with E-state index in [1.807, 2.05) is 12.1 Å². The molecule has 0 radical (unpaired) electrons. The summed E-state index contributed by atoms with van der Waals surface area (Å²) in [6, 6.07) is 7.32. The number of hydrogen-bond acceptors (Lipinski definition) is 3. The van der Waals surface area contributed by atoms with Crippen LogP contribution < -0.4 is 10.1 Å². The quantitative estimate of drug-likeness (QED) is 0.809. The largest absolute Gasteiger partial charge is 0.497 e. The maximum absolute atomic E-state index is 12.5. The zero-order chi connectivity index (χ0) is 14.8. The molecule has 2 aliphatic carbocycles. The molecule has 3 rings (SSSR count). The average molecular weight is 289 g/mol. The first-order chi connectivity index (χ1) is 10.2. The Bertz CT molecular complexity index is 509. The number of benzene rings is 1. The zero-order valence-corrected chi connectivity index (χ0v) is 12.4. The third kappa shape index (κ3) is 3.38. The Morgan fingerprint density at radius 2 is 2.05 bits per heavy atom. The first-order valence-corrected chi connectivity index (χ1v) is 7.78. The van der Waals surface area contributed by atoms with Gasteiger partial charge in [0, 0.05) is 24.1 Å². The SMILES string of the molecule is COc1cccc(C(=O)N[C@@H](C2CC2)[C@@H](CO)C2CC2)c1. The number of aliphatic hydroxyl groups excluding tert-OH is 1. The van der Waals surface area contributed by atoms with Gasteiger partial charge in [0.15, 0.2) is 0 Å². The molecular formula is C17H23NO3. The summed E-state index contributed by atoms with van der Waals surface area (Å²) in [6.07, 6.45) is 4.69. The third-order valence-electron chi connectivity index (χ3n) is 4.66. The molecule has 1 aromatic rings. The van der Waals surface area contributed by atoms with Gasteiger partial charge in [-0.3, -0.25) is 4.79 Å². The third-order valence-corrected chi connectivity index (χ3v) is 4.66. The molecule has 114 valence electrons. The maximum Gasteiger partial charge on any atom is 0.251 e. The number of nitrogens with one attached hydrogen (secondary N) is 1. The summed E-state index contributed by atoms with van der Waals surface area (Å²) in [5.74, 6) is 1.96. The fourth-order valence-corrected chi connectivity index (χ4v) is 3.11. The first kappa shape index (κ1) is 14.4. The summed E-state index contributed by atoms with van der Waals surface area (Å²) < 4.78 is 5.17. The van der Waals surface area contributed by atoms with Gasteiger partial charge in [-0.15, -0.1) is 0 Å². The molecule has 2 atom stereocenters. The molecule has 4 nitrogen and oxygen atoms in total. The number of methoxy groups -OCH3 is 1. The molecular weight excluding hydrogens is 266 g/mol. The molecule has 2 N–H and O–H groups in total. The maximum atomic E-state index is 12.5. The van der Waals surface area contributed by atoms with Crippen molar-refractivity contribution in [2.75, 3.05) is 13.7 Å². The number of aliphatic hydroxyl groups is 1. The Morgan fingerprint density at radius 1 is 1.33 bits per heavy atom. The van der Waals surface area contributed by atoms with Crippen molar-refractivity contribution in [3.8, 4) is 5.75 Å². The van der Waals surface area contributed by atoms with Crippen LogP contribution in [-0.2, 0) is 0 Å². The Morgan fingerprint density at radius 3 is 2.62 bits per heavy atom. The number of rotatable bonds is 7. The minimum Gasteiger partial charge on any atom is -0.497 e. The van der Waals surface area contributed by atoms with Crippen LogP contribution in [0.3, 0.4) is 0 Å². The first-order valence-electron chi connectivity index (χ1n) is 7.78. The van der Waals surface area contributed by atoms with E-state index in [4.69, 9.17) is 4.74 Å². The van der Waals surface area contributed by atoms with Crippen molar-refractivity contribution in [1.29, 1.82) is 0 Å². The van der Waals surface area contributed by atoms with E-state index >= 15 is 0 Å². The number of amides is 1. The van der Waals surface area contributed by atoms with Crippen LogP contribution in [0.2, 0.25) is 0 Å². The Hall–Kier alpha value is -1.55. The summed E-state index contributed by atoms with van der Waals surface area (Å²) in [5.41, 5.74) is 0.618. The van der Waals surface area contributed by atoms with Crippen LogP contribution >= 0.6 is 0 Å². The summed E-state index contributed by atoms with van der Waals surface area (Å²) >= 11 is 0. The normalized spacial score (nSPS) is 20.7. The lowest BCUT2D eigenvalue weighted by molar-refractivity contribution is 0.0878. The standard InChI is InChI=1S/C17H23NO3/c1-21-14-4-2-3-13(9-14)17(20)18-16(12-7-8-12)15(10-19)11-5-6-11/h2-4,9,11-12,15-16,19H,5-8,10H2,1H3,(H,18,20)/t15-,16-/m0/s1. The van der Waals surface area contributed by atoms with E-state index in [0.29, 0.717) is 23.1 Å². The van der Waals surface area contributed by atoms with Crippen molar-refractivity contribution in [3.05, 3.63) is 29.8 Å². The summed E-state index contributed by atoms with van der Waals surface area (Å²) in [6.45, 7) is 0.171. The van der Waals surface area contributed by atoms with Gasteiger partial charge in [0.25, 0.3) is 5.91 Å². The Labute approximate surface area is 125 Å². The second-order valence-corrected chi connectivity index (χ2v) is 6.25. The van der Waals surface area contributed by atoms with Gasteiger partial charge in [-0.1, -0.05) is 6.07 Å². The average Bonchev–Trinajstić information content (AvgIpc) is 3.39. The van der Waals surface area contributed by atoms with E-state index < -0.39 is 0 Å². The van der Waals surface area contributed by atoms with Crippen molar-refractivity contribution < 1.29 is 14.6 Å². The molecule has 1 amide bonds. The summed E-state index contributed by atoms with van der Waals surface area (Å²) in [5, 5.41) is 12.8. The van der Waals surface area contributed by atoms with Crippen LogP contribution in [0.5, 0.6) is 5.75 Å². The molecule has 0 heterocycles. The highest BCUT2D eigenvalue weighted by atomic mass is 16.5. The molecule has 0 spiro atoms. The van der Waals surface area contributed by atoms with Crippen molar-refractivity contribution in [2.24, 2.45) is 17.8 Å². The molecule has 0 aliphatic heterocycles. The second-order valence-electron chi connectivity index (χ2n) is 6.25. The van der Waals surface area contributed by atoms with Crippen LogP contribution in [0.4, 0.5) is 0 Å². The van der Waals surface area contributed by atoms with E-state index in [0.717, 1.165) is 12.8 Å². The lowest BCUT2D eigenvalue weighted by Crippen LogP contribution is -2.44. The van der Waals surface area contributed by atoms with Gasteiger partial charge in [0.05, 0.1) is 7.11 Å². The van der Waals surface area contributed by atoms with Crippen LogP contribution in [0.25, 0.3) is 0 Å². The van der Waals surface area contributed by atoms with Crippen LogP contribution in [0, 0.1) is 17.8 Å². The number of carbonyl (C=O) groups is 1. The van der Waals surface area contributed by atoms with Crippen molar-refractivity contribution >= 4 is 5.91 Å². The van der Waals surface area contributed by atoms with Gasteiger partial charge in [0.2, 0.25) is 0 Å².